The summed E-state index contributed by atoms with van der Waals surface area (Å²) in [5, 5.41) is 0. The average Bonchev–Trinajstić information content (AvgIpc) is 2.14. The highest BCUT2D eigenvalue weighted by atomic mass is 16.7. The van der Waals surface area contributed by atoms with E-state index in [0.29, 0.717) is 6.10 Å². The highest BCUT2D eigenvalue weighted by Gasteiger charge is 2.10. The van der Waals surface area contributed by atoms with Gasteiger partial charge in [-0.15, -0.1) is 0 Å². The van der Waals surface area contributed by atoms with Gasteiger partial charge in [-0.05, 0) is 26.2 Å². The lowest BCUT2D eigenvalue weighted by Gasteiger charge is -2.21. The van der Waals surface area contributed by atoms with E-state index in [0.717, 1.165) is 32.3 Å². The quantitative estimate of drug-likeness (QED) is 0.544. The third kappa shape index (κ3) is 7.03. The Kier molecular flexibility index (Phi) is 8.46. The first-order valence-electron chi connectivity index (χ1n) is 5.51. The Labute approximate surface area is 82.6 Å². The molecule has 0 aromatic heterocycles. The van der Waals surface area contributed by atoms with Gasteiger partial charge in [-0.1, -0.05) is 27.2 Å². The minimum absolute atomic E-state index is 0.0138. The normalized spacial score (nSPS) is 15.7. The molecule has 0 fully saturated rings. The summed E-state index contributed by atoms with van der Waals surface area (Å²) in [6.07, 6.45) is 4.56. The molecule has 0 aromatic carbocycles. The Morgan fingerprint density at radius 2 is 1.77 bits per heavy atom. The topological polar surface area (TPSA) is 18.5 Å². The molecule has 2 nitrogen and oxygen atoms in total. The van der Waals surface area contributed by atoms with Gasteiger partial charge in [0.15, 0.2) is 6.29 Å². The molecule has 13 heavy (non-hydrogen) atoms. The van der Waals surface area contributed by atoms with Crippen LogP contribution in [-0.4, -0.2) is 19.0 Å². The molecule has 0 bridgehead atoms. The van der Waals surface area contributed by atoms with Crippen LogP contribution in [0.1, 0.15) is 53.4 Å². The summed E-state index contributed by atoms with van der Waals surface area (Å²) in [5.41, 5.74) is 0. The summed E-state index contributed by atoms with van der Waals surface area (Å²) in [4.78, 5) is 0. The lowest BCUT2D eigenvalue weighted by Crippen LogP contribution is -2.22. The molecule has 0 aliphatic carbocycles. The minimum atomic E-state index is 0.0138. The fourth-order valence-electron chi connectivity index (χ4n) is 1.03. The summed E-state index contributed by atoms with van der Waals surface area (Å²) >= 11 is 0. The minimum Gasteiger partial charge on any atom is -0.353 e. The fraction of sp³-hybridized carbons (Fsp3) is 1.00. The van der Waals surface area contributed by atoms with E-state index < -0.39 is 0 Å². The second-order valence-electron chi connectivity index (χ2n) is 3.44. The lowest BCUT2D eigenvalue weighted by molar-refractivity contribution is -0.170. The van der Waals surface area contributed by atoms with Crippen molar-refractivity contribution in [1.29, 1.82) is 0 Å². The molecule has 0 N–H and O–H groups in total. The van der Waals surface area contributed by atoms with Crippen molar-refractivity contribution in [2.75, 3.05) is 6.61 Å². The van der Waals surface area contributed by atoms with E-state index in [1.54, 1.807) is 0 Å². The molecule has 0 rings (SSSR count). The molecular formula is C11H24O2. The van der Waals surface area contributed by atoms with Gasteiger partial charge in [-0.25, -0.2) is 0 Å². The molecule has 0 amide bonds. The third-order valence-corrected chi connectivity index (χ3v) is 1.99. The van der Waals surface area contributed by atoms with Gasteiger partial charge in [0.2, 0.25) is 0 Å². The van der Waals surface area contributed by atoms with Crippen LogP contribution in [0.5, 0.6) is 0 Å². The van der Waals surface area contributed by atoms with Crippen molar-refractivity contribution in [2.45, 2.75) is 65.8 Å². The van der Waals surface area contributed by atoms with Gasteiger partial charge < -0.3 is 9.47 Å². The third-order valence-electron chi connectivity index (χ3n) is 1.99. The smallest absolute Gasteiger partial charge is 0.157 e. The first-order chi connectivity index (χ1) is 6.24. The van der Waals surface area contributed by atoms with Crippen molar-refractivity contribution >= 4 is 0 Å². The van der Waals surface area contributed by atoms with Gasteiger partial charge in [-0.3, -0.25) is 0 Å². The maximum Gasteiger partial charge on any atom is 0.157 e. The van der Waals surface area contributed by atoms with Gasteiger partial charge in [0, 0.05) is 6.61 Å². The van der Waals surface area contributed by atoms with Crippen LogP contribution in [0.4, 0.5) is 0 Å². The predicted molar refractivity (Wildman–Crippen MR) is 55.8 cm³/mol. The molecule has 0 spiro atoms. The standard InChI is InChI=1S/C11H24O2/c1-5-8-11(12-9-6-2)13-10(4)7-3/h10-11H,5-9H2,1-4H3. The van der Waals surface area contributed by atoms with Gasteiger partial charge in [0.25, 0.3) is 0 Å². The summed E-state index contributed by atoms with van der Waals surface area (Å²) < 4.78 is 11.3. The molecule has 0 aliphatic rings. The largest absolute Gasteiger partial charge is 0.353 e. The van der Waals surface area contributed by atoms with Crippen LogP contribution >= 0.6 is 0 Å². The molecule has 80 valence electrons. The Bertz CT molecular complexity index is 104. The van der Waals surface area contributed by atoms with Crippen LogP contribution < -0.4 is 0 Å². The monoisotopic (exact) mass is 188 g/mol. The number of hydrogen-bond donors (Lipinski definition) is 0. The Morgan fingerprint density at radius 1 is 1.08 bits per heavy atom. The van der Waals surface area contributed by atoms with Crippen LogP contribution in [0, 0.1) is 0 Å². The number of rotatable bonds is 8. The van der Waals surface area contributed by atoms with Gasteiger partial charge in [0.05, 0.1) is 6.10 Å². The van der Waals surface area contributed by atoms with Crippen LogP contribution in [0.25, 0.3) is 0 Å². The van der Waals surface area contributed by atoms with Crippen molar-refractivity contribution in [1.82, 2.24) is 0 Å². The first kappa shape index (κ1) is 12.9. The molecule has 2 heteroatoms. The number of ether oxygens (including phenoxy) is 2. The fourth-order valence-corrected chi connectivity index (χ4v) is 1.03. The van der Waals surface area contributed by atoms with E-state index in [-0.39, 0.29) is 6.29 Å². The molecular weight excluding hydrogens is 164 g/mol. The van der Waals surface area contributed by atoms with E-state index in [2.05, 4.69) is 27.7 Å². The molecule has 0 aromatic rings. The van der Waals surface area contributed by atoms with E-state index in [9.17, 15) is 0 Å². The van der Waals surface area contributed by atoms with E-state index >= 15 is 0 Å². The molecule has 2 unspecified atom stereocenters. The van der Waals surface area contributed by atoms with Gasteiger partial charge in [-0.2, -0.15) is 0 Å². The summed E-state index contributed by atoms with van der Waals surface area (Å²) in [7, 11) is 0. The van der Waals surface area contributed by atoms with Gasteiger partial charge >= 0.3 is 0 Å². The zero-order chi connectivity index (χ0) is 10.1. The molecule has 0 heterocycles. The van der Waals surface area contributed by atoms with Crippen molar-refractivity contribution in [3.05, 3.63) is 0 Å². The summed E-state index contributed by atoms with van der Waals surface area (Å²) in [6, 6.07) is 0. The number of hydrogen-bond acceptors (Lipinski definition) is 2. The van der Waals surface area contributed by atoms with Crippen LogP contribution in [-0.2, 0) is 9.47 Å². The lowest BCUT2D eigenvalue weighted by atomic mass is 10.3. The zero-order valence-corrected chi connectivity index (χ0v) is 9.51. The average molecular weight is 188 g/mol. The Morgan fingerprint density at radius 3 is 2.23 bits per heavy atom. The predicted octanol–water partition coefficient (Wildman–Crippen LogP) is 3.35. The molecule has 0 saturated heterocycles. The highest BCUT2D eigenvalue weighted by molar-refractivity contribution is 4.50. The second kappa shape index (κ2) is 8.52. The first-order valence-corrected chi connectivity index (χ1v) is 5.51. The molecule has 0 radical (unpaired) electrons. The van der Waals surface area contributed by atoms with Crippen molar-refractivity contribution in [3.8, 4) is 0 Å². The van der Waals surface area contributed by atoms with Crippen molar-refractivity contribution in [3.63, 3.8) is 0 Å². The summed E-state index contributed by atoms with van der Waals surface area (Å²) in [5.74, 6) is 0. The van der Waals surface area contributed by atoms with Crippen LogP contribution in [0.2, 0.25) is 0 Å². The Balaban J connectivity index is 3.65. The maximum atomic E-state index is 5.72. The van der Waals surface area contributed by atoms with E-state index in [4.69, 9.17) is 9.47 Å². The maximum absolute atomic E-state index is 5.72. The zero-order valence-electron chi connectivity index (χ0n) is 9.51. The summed E-state index contributed by atoms with van der Waals surface area (Å²) in [6.45, 7) is 9.31. The van der Waals surface area contributed by atoms with Crippen LogP contribution in [0.15, 0.2) is 0 Å². The SMILES string of the molecule is CCCOC(CCC)OC(C)CC. The van der Waals surface area contributed by atoms with Crippen molar-refractivity contribution in [2.24, 2.45) is 0 Å². The van der Waals surface area contributed by atoms with E-state index in [1.165, 1.54) is 0 Å². The Hall–Kier alpha value is -0.0800. The molecule has 0 saturated carbocycles. The van der Waals surface area contributed by atoms with Gasteiger partial charge in [0.1, 0.15) is 0 Å². The second-order valence-corrected chi connectivity index (χ2v) is 3.44. The highest BCUT2D eigenvalue weighted by Crippen LogP contribution is 2.09. The molecule has 2 atom stereocenters. The van der Waals surface area contributed by atoms with Crippen LogP contribution in [0.3, 0.4) is 0 Å². The van der Waals surface area contributed by atoms with Crippen molar-refractivity contribution < 1.29 is 9.47 Å². The van der Waals surface area contributed by atoms with E-state index in [1.807, 2.05) is 0 Å². The molecule has 0 aliphatic heterocycles.